The summed E-state index contributed by atoms with van der Waals surface area (Å²) >= 11 is 1.78. The van der Waals surface area contributed by atoms with E-state index in [0.29, 0.717) is 6.54 Å². The van der Waals surface area contributed by atoms with E-state index < -0.39 is 0 Å². The molecule has 1 saturated heterocycles. The predicted molar refractivity (Wildman–Crippen MR) is 70.8 cm³/mol. The molecule has 0 aliphatic carbocycles. The smallest absolute Gasteiger partial charge is 0.237 e. The Bertz CT molecular complexity index is 426. The molecular weight excluding hydrogens is 248 g/mol. The third kappa shape index (κ3) is 2.43. The second-order valence-corrected chi connectivity index (χ2v) is 5.80. The molecule has 2 N–H and O–H groups in total. The molecule has 1 fully saturated rings. The first-order valence-electron chi connectivity index (χ1n) is 6.53. The number of amides is 1. The molecule has 1 amide bonds. The van der Waals surface area contributed by atoms with Crippen molar-refractivity contribution in [2.45, 2.75) is 31.4 Å². The van der Waals surface area contributed by atoms with Crippen molar-refractivity contribution in [3.8, 4) is 0 Å². The molecule has 0 radical (unpaired) electrons. The number of hydrogen-bond donors (Lipinski definition) is 2. The summed E-state index contributed by atoms with van der Waals surface area (Å²) in [4.78, 5) is 13.3. The van der Waals surface area contributed by atoms with Crippen molar-refractivity contribution < 1.29 is 9.53 Å². The molecule has 4 nitrogen and oxygen atoms in total. The largest absolute Gasteiger partial charge is 0.371 e. The number of carbonyl (C=O) groups is 1. The number of rotatable bonds is 3. The Labute approximate surface area is 111 Å². The number of ether oxygens (including phenoxy) is 1. The van der Waals surface area contributed by atoms with E-state index in [2.05, 4.69) is 22.1 Å². The van der Waals surface area contributed by atoms with Gasteiger partial charge in [0.15, 0.2) is 0 Å². The summed E-state index contributed by atoms with van der Waals surface area (Å²) < 4.78 is 5.75. The first-order chi connectivity index (χ1) is 8.84. The van der Waals surface area contributed by atoms with Crippen LogP contribution in [0.5, 0.6) is 0 Å². The number of hydrogen-bond acceptors (Lipinski definition) is 4. The lowest BCUT2D eigenvalue weighted by Crippen LogP contribution is -2.42. The fourth-order valence-electron chi connectivity index (χ4n) is 2.62. The van der Waals surface area contributed by atoms with Gasteiger partial charge in [-0.1, -0.05) is 0 Å². The SMILES string of the molecule is O=C(NCC1OCCc2sccc21)C1CCCN1. The molecule has 0 bridgehead atoms. The predicted octanol–water partition coefficient (Wildman–Crippen LogP) is 1.23. The number of thiophene rings is 1. The van der Waals surface area contributed by atoms with Gasteiger partial charge in [0.25, 0.3) is 0 Å². The summed E-state index contributed by atoms with van der Waals surface area (Å²) in [6, 6.07) is 2.11. The zero-order valence-electron chi connectivity index (χ0n) is 10.3. The van der Waals surface area contributed by atoms with E-state index in [0.717, 1.165) is 32.4 Å². The summed E-state index contributed by atoms with van der Waals surface area (Å²) in [7, 11) is 0. The highest BCUT2D eigenvalue weighted by molar-refractivity contribution is 7.10. The van der Waals surface area contributed by atoms with Crippen LogP contribution in [0.3, 0.4) is 0 Å². The van der Waals surface area contributed by atoms with Crippen LogP contribution in [0.4, 0.5) is 0 Å². The van der Waals surface area contributed by atoms with Gasteiger partial charge in [-0.25, -0.2) is 0 Å². The van der Waals surface area contributed by atoms with Gasteiger partial charge in [0, 0.05) is 17.8 Å². The summed E-state index contributed by atoms with van der Waals surface area (Å²) in [6.45, 7) is 2.29. The molecule has 18 heavy (non-hydrogen) atoms. The topological polar surface area (TPSA) is 50.4 Å². The van der Waals surface area contributed by atoms with Gasteiger partial charge < -0.3 is 15.4 Å². The highest BCUT2D eigenvalue weighted by Gasteiger charge is 2.25. The van der Waals surface area contributed by atoms with E-state index in [1.165, 1.54) is 10.4 Å². The Morgan fingerprint density at radius 1 is 1.61 bits per heavy atom. The molecule has 1 aromatic heterocycles. The molecule has 0 saturated carbocycles. The van der Waals surface area contributed by atoms with Crippen LogP contribution in [0.2, 0.25) is 0 Å². The minimum Gasteiger partial charge on any atom is -0.371 e. The lowest BCUT2D eigenvalue weighted by atomic mass is 10.1. The Morgan fingerprint density at radius 2 is 2.56 bits per heavy atom. The van der Waals surface area contributed by atoms with Crippen molar-refractivity contribution in [3.05, 3.63) is 21.9 Å². The van der Waals surface area contributed by atoms with Gasteiger partial charge in [-0.3, -0.25) is 4.79 Å². The number of fused-ring (bicyclic) bond motifs is 1. The molecule has 2 atom stereocenters. The molecule has 0 spiro atoms. The van der Waals surface area contributed by atoms with Crippen LogP contribution >= 0.6 is 11.3 Å². The van der Waals surface area contributed by atoms with E-state index in [-0.39, 0.29) is 18.1 Å². The standard InChI is InChI=1S/C13H18N2O2S/c16-13(10-2-1-5-14-10)15-8-11-9-4-7-18-12(9)3-6-17-11/h4,7,10-11,14H,1-3,5-6,8H2,(H,15,16). The van der Waals surface area contributed by atoms with Crippen LogP contribution in [0, 0.1) is 0 Å². The Morgan fingerprint density at radius 3 is 3.39 bits per heavy atom. The van der Waals surface area contributed by atoms with Crippen molar-refractivity contribution in [2.75, 3.05) is 19.7 Å². The van der Waals surface area contributed by atoms with Gasteiger partial charge in [0.1, 0.15) is 6.10 Å². The molecule has 3 rings (SSSR count). The van der Waals surface area contributed by atoms with Gasteiger partial charge in [-0.15, -0.1) is 11.3 Å². The summed E-state index contributed by atoms with van der Waals surface area (Å²) in [5, 5.41) is 8.31. The van der Waals surface area contributed by atoms with Crippen molar-refractivity contribution in [1.29, 1.82) is 0 Å². The van der Waals surface area contributed by atoms with Crippen LogP contribution in [-0.4, -0.2) is 31.6 Å². The second-order valence-electron chi connectivity index (χ2n) is 4.80. The quantitative estimate of drug-likeness (QED) is 0.865. The molecule has 98 valence electrons. The Hall–Kier alpha value is -0.910. The Kier molecular flexibility index (Phi) is 3.63. The van der Waals surface area contributed by atoms with Crippen LogP contribution in [0.1, 0.15) is 29.4 Å². The lowest BCUT2D eigenvalue weighted by molar-refractivity contribution is -0.123. The monoisotopic (exact) mass is 266 g/mol. The maximum atomic E-state index is 11.9. The third-order valence-corrected chi connectivity index (χ3v) is 4.61. The first kappa shape index (κ1) is 12.1. The second kappa shape index (κ2) is 5.38. The number of carbonyl (C=O) groups excluding carboxylic acids is 1. The van der Waals surface area contributed by atoms with E-state index in [9.17, 15) is 4.79 Å². The van der Waals surface area contributed by atoms with Gasteiger partial charge in [-0.05, 0) is 36.4 Å². The molecular formula is C13H18N2O2S. The molecule has 1 aromatic rings. The van der Waals surface area contributed by atoms with Crippen LogP contribution in [0.25, 0.3) is 0 Å². The molecule has 2 aliphatic heterocycles. The van der Waals surface area contributed by atoms with Crippen molar-refractivity contribution in [2.24, 2.45) is 0 Å². The molecule has 2 unspecified atom stereocenters. The summed E-state index contributed by atoms with van der Waals surface area (Å²) in [5.41, 5.74) is 1.26. The van der Waals surface area contributed by atoms with Crippen LogP contribution < -0.4 is 10.6 Å². The van der Waals surface area contributed by atoms with E-state index >= 15 is 0 Å². The fraction of sp³-hybridized carbons (Fsp3) is 0.615. The fourth-order valence-corrected chi connectivity index (χ4v) is 3.53. The van der Waals surface area contributed by atoms with E-state index in [1.54, 1.807) is 11.3 Å². The van der Waals surface area contributed by atoms with Crippen LogP contribution in [0.15, 0.2) is 11.4 Å². The highest BCUT2D eigenvalue weighted by atomic mass is 32.1. The first-order valence-corrected chi connectivity index (χ1v) is 7.41. The average Bonchev–Trinajstić information content (AvgIpc) is 3.05. The number of nitrogens with one attached hydrogen (secondary N) is 2. The van der Waals surface area contributed by atoms with Gasteiger partial charge in [0.05, 0.1) is 12.6 Å². The maximum Gasteiger partial charge on any atom is 0.237 e. The maximum absolute atomic E-state index is 11.9. The van der Waals surface area contributed by atoms with E-state index in [4.69, 9.17) is 4.74 Å². The Balaban J connectivity index is 1.56. The molecule has 5 heteroatoms. The van der Waals surface area contributed by atoms with Crippen LogP contribution in [-0.2, 0) is 16.0 Å². The third-order valence-electron chi connectivity index (χ3n) is 3.61. The molecule has 3 heterocycles. The molecule has 2 aliphatic rings. The van der Waals surface area contributed by atoms with Crippen molar-refractivity contribution >= 4 is 17.2 Å². The summed E-state index contributed by atoms with van der Waals surface area (Å²) in [5.74, 6) is 0.110. The van der Waals surface area contributed by atoms with Gasteiger partial charge >= 0.3 is 0 Å². The van der Waals surface area contributed by atoms with E-state index in [1.807, 2.05) is 0 Å². The molecule has 0 aromatic carbocycles. The van der Waals surface area contributed by atoms with Gasteiger partial charge in [0.2, 0.25) is 5.91 Å². The van der Waals surface area contributed by atoms with Crippen molar-refractivity contribution in [3.63, 3.8) is 0 Å². The lowest BCUT2D eigenvalue weighted by Gasteiger charge is -2.24. The van der Waals surface area contributed by atoms with Gasteiger partial charge in [-0.2, -0.15) is 0 Å². The normalized spacial score (nSPS) is 26.9. The minimum atomic E-state index is -0.00413. The highest BCUT2D eigenvalue weighted by Crippen LogP contribution is 2.30. The van der Waals surface area contributed by atoms with Crippen molar-refractivity contribution in [1.82, 2.24) is 10.6 Å². The zero-order chi connectivity index (χ0) is 12.4. The minimum absolute atomic E-state index is 0.00413. The summed E-state index contributed by atoms with van der Waals surface area (Å²) in [6.07, 6.45) is 3.07. The average molecular weight is 266 g/mol. The zero-order valence-corrected chi connectivity index (χ0v) is 11.1.